The molecule has 1 saturated carbocycles. The first-order chi connectivity index (χ1) is 14.5. The van der Waals surface area contributed by atoms with Gasteiger partial charge in [0.05, 0.1) is 5.56 Å². The first-order valence-electron chi connectivity index (χ1n) is 10.6. The third kappa shape index (κ3) is 3.28. The molecule has 5 rings (SSSR count). The number of hydrogen-bond acceptors (Lipinski definition) is 7. The molecule has 0 spiro atoms. The molecule has 1 saturated heterocycles. The van der Waals surface area contributed by atoms with Crippen molar-refractivity contribution >= 4 is 22.9 Å². The lowest BCUT2D eigenvalue weighted by Crippen LogP contribution is -2.33. The lowest BCUT2D eigenvalue weighted by atomic mass is 10.2. The summed E-state index contributed by atoms with van der Waals surface area (Å²) in [7, 11) is 0. The first kappa shape index (κ1) is 18.9. The van der Waals surface area contributed by atoms with Crippen LogP contribution in [0.5, 0.6) is 0 Å². The fraction of sp³-hybridized carbons (Fsp3) is 0.524. The van der Waals surface area contributed by atoms with E-state index in [4.69, 9.17) is 4.98 Å². The van der Waals surface area contributed by atoms with E-state index in [9.17, 15) is 4.79 Å². The SMILES string of the molecule is CCn1c(-c2cnc(C)nc2)nc2c(N[C@H]3CCN(C(=O)[C@@H]4C[C@H]4C)C3)ncnc21. The molecule has 3 aromatic rings. The van der Waals surface area contributed by atoms with E-state index in [0.717, 1.165) is 54.3 Å². The molecule has 3 aromatic heterocycles. The average Bonchev–Trinajstić information content (AvgIpc) is 3.14. The molecule has 0 aromatic carbocycles. The fourth-order valence-corrected chi connectivity index (χ4v) is 4.24. The molecular formula is C21H26N8O. The smallest absolute Gasteiger partial charge is 0.226 e. The molecule has 30 heavy (non-hydrogen) atoms. The summed E-state index contributed by atoms with van der Waals surface area (Å²) in [5.41, 5.74) is 2.36. The maximum atomic E-state index is 12.5. The molecule has 3 atom stereocenters. The predicted molar refractivity (Wildman–Crippen MR) is 113 cm³/mol. The zero-order valence-electron chi connectivity index (χ0n) is 17.5. The van der Waals surface area contributed by atoms with Gasteiger partial charge in [0.15, 0.2) is 17.0 Å². The van der Waals surface area contributed by atoms with Crippen LogP contribution in [0, 0.1) is 18.8 Å². The van der Waals surface area contributed by atoms with E-state index in [0.29, 0.717) is 24.2 Å². The summed E-state index contributed by atoms with van der Waals surface area (Å²) in [5.74, 6) is 3.28. The molecule has 1 N–H and O–H groups in total. The van der Waals surface area contributed by atoms with Crippen LogP contribution >= 0.6 is 0 Å². The minimum absolute atomic E-state index is 0.166. The number of carbonyl (C=O) groups excluding carboxylic acids is 1. The topological polar surface area (TPSA) is 102 Å². The number of aromatic nitrogens is 6. The molecule has 1 amide bonds. The van der Waals surface area contributed by atoms with E-state index in [1.54, 1.807) is 18.7 Å². The highest BCUT2D eigenvalue weighted by molar-refractivity contribution is 5.86. The molecule has 0 radical (unpaired) electrons. The zero-order chi connectivity index (χ0) is 20.8. The van der Waals surface area contributed by atoms with Crippen molar-refractivity contribution in [3.05, 3.63) is 24.5 Å². The minimum atomic E-state index is 0.166. The normalized spacial score (nSPS) is 23.2. The van der Waals surface area contributed by atoms with E-state index in [1.165, 1.54) is 0 Å². The van der Waals surface area contributed by atoms with Crippen LogP contribution in [0.3, 0.4) is 0 Å². The summed E-state index contributed by atoms with van der Waals surface area (Å²) in [6.45, 7) is 8.30. The number of anilines is 1. The van der Waals surface area contributed by atoms with Gasteiger partial charge in [0.25, 0.3) is 0 Å². The number of likely N-dealkylation sites (tertiary alicyclic amines) is 1. The second-order valence-corrected chi connectivity index (χ2v) is 8.33. The maximum absolute atomic E-state index is 12.5. The molecular weight excluding hydrogens is 380 g/mol. The second kappa shape index (κ2) is 7.30. The minimum Gasteiger partial charge on any atom is -0.364 e. The summed E-state index contributed by atoms with van der Waals surface area (Å²) < 4.78 is 2.05. The standard InChI is InChI=1S/C21H26N8O/c1-4-29-19(14-8-22-13(3)23-9-14)27-17-18(24-11-25-20(17)29)26-15-5-6-28(10-15)21(30)16-7-12(16)2/h8-9,11-12,15-16H,4-7,10H2,1-3H3,(H,24,25,26)/t12-,15+,16-/m1/s1. The molecule has 9 nitrogen and oxygen atoms in total. The van der Waals surface area contributed by atoms with Crippen molar-refractivity contribution in [3.63, 3.8) is 0 Å². The van der Waals surface area contributed by atoms with Crippen LogP contribution in [0.4, 0.5) is 5.82 Å². The van der Waals surface area contributed by atoms with Gasteiger partial charge in [0.1, 0.15) is 18.0 Å². The fourth-order valence-electron chi connectivity index (χ4n) is 4.24. The van der Waals surface area contributed by atoms with Crippen LogP contribution in [0.15, 0.2) is 18.7 Å². The zero-order valence-corrected chi connectivity index (χ0v) is 17.5. The Morgan fingerprint density at radius 3 is 2.70 bits per heavy atom. The van der Waals surface area contributed by atoms with E-state index in [2.05, 4.69) is 43.7 Å². The molecule has 1 aliphatic carbocycles. The monoisotopic (exact) mass is 406 g/mol. The predicted octanol–water partition coefficient (Wildman–Crippen LogP) is 2.28. The Kier molecular flexibility index (Phi) is 4.60. The van der Waals surface area contributed by atoms with Gasteiger partial charge in [-0.2, -0.15) is 0 Å². The Morgan fingerprint density at radius 2 is 2.00 bits per heavy atom. The van der Waals surface area contributed by atoms with Crippen LogP contribution in [-0.2, 0) is 11.3 Å². The van der Waals surface area contributed by atoms with Crippen LogP contribution < -0.4 is 5.32 Å². The molecule has 2 aliphatic rings. The van der Waals surface area contributed by atoms with Crippen molar-refractivity contribution in [2.75, 3.05) is 18.4 Å². The molecule has 0 unspecified atom stereocenters. The summed E-state index contributed by atoms with van der Waals surface area (Å²) in [6, 6.07) is 0.166. The largest absolute Gasteiger partial charge is 0.364 e. The van der Waals surface area contributed by atoms with E-state index >= 15 is 0 Å². The average molecular weight is 406 g/mol. The summed E-state index contributed by atoms with van der Waals surface area (Å²) in [5, 5.41) is 3.51. The number of carbonyl (C=O) groups is 1. The number of fused-ring (bicyclic) bond motifs is 1. The van der Waals surface area contributed by atoms with Crippen molar-refractivity contribution in [3.8, 4) is 11.4 Å². The van der Waals surface area contributed by atoms with Crippen molar-refractivity contribution in [2.24, 2.45) is 11.8 Å². The Balaban J connectivity index is 1.41. The lowest BCUT2D eigenvalue weighted by Gasteiger charge is -2.17. The van der Waals surface area contributed by atoms with Crippen LogP contribution in [0.2, 0.25) is 0 Å². The van der Waals surface area contributed by atoms with Crippen molar-refractivity contribution in [2.45, 2.75) is 46.2 Å². The van der Waals surface area contributed by atoms with Crippen molar-refractivity contribution in [1.29, 1.82) is 0 Å². The van der Waals surface area contributed by atoms with Gasteiger partial charge >= 0.3 is 0 Å². The molecule has 0 bridgehead atoms. The van der Waals surface area contributed by atoms with Gasteiger partial charge in [-0.15, -0.1) is 0 Å². The summed E-state index contributed by atoms with van der Waals surface area (Å²) in [4.78, 5) is 36.9. The van der Waals surface area contributed by atoms with Crippen molar-refractivity contribution < 1.29 is 4.79 Å². The lowest BCUT2D eigenvalue weighted by molar-refractivity contribution is -0.131. The van der Waals surface area contributed by atoms with E-state index in [1.807, 2.05) is 11.8 Å². The van der Waals surface area contributed by atoms with Gasteiger partial charge in [0.2, 0.25) is 5.91 Å². The number of imidazole rings is 1. The molecule has 9 heteroatoms. The van der Waals surface area contributed by atoms with Gasteiger partial charge in [-0.3, -0.25) is 4.79 Å². The van der Waals surface area contributed by atoms with Crippen LogP contribution in [0.25, 0.3) is 22.6 Å². The van der Waals surface area contributed by atoms with E-state index < -0.39 is 0 Å². The maximum Gasteiger partial charge on any atom is 0.226 e. The second-order valence-electron chi connectivity index (χ2n) is 8.33. The van der Waals surface area contributed by atoms with Crippen LogP contribution in [0.1, 0.15) is 32.5 Å². The Labute approximate surface area is 175 Å². The Bertz CT molecular complexity index is 1090. The quantitative estimate of drug-likeness (QED) is 0.693. The number of amides is 1. The Hall–Kier alpha value is -3.10. The van der Waals surface area contributed by atoms with Gasteiger partial charge in [0, 0.05) is 44.0 Å². The highest BCUT2D eigenvalue weighted by Crippen LogP contribution is 2.40. The molecule has 1 aliphatic heterocycles. The van der Waals surface area contributed by atoms with Gasteiger partial charge < -0.3 is 14.8 Å². The van der Waals surface area contributed by atoms with Gasteiger partial charge in [-0.25, -0.2) is 24.9 Å². The first-order valence-corrected chi connectivity index (χ1v) is 10.6. The van der Waals surface area contributed by atoms with Crippen LogP contribution in [-0.4, -0.2) is 59.4 Å². The van der Waals surface area contributed by atoms with Gasteiger partial charge in [-0.1, -0.05) is 6.92 Å². The number of aryl methyl sites for hydroxylation is 2. The number of hydrogen-bond donors (Lipinski definition) is 1. The van der Waals surface area contributed by atoms with E-state index in [-0.39, 0.29) is 12.0 Å². The summed E-state index contributed by atoms with van der Waals surface area (Å²) in [6.07, 6.45) is 7.08. The molecule has 4 heterocycles. The third-order valence-electron chi connectivity index (χ3n) is 6.15. The number of nitrogens with zero attached hydrogens (tertiary/aromatic N) is 7. The Morgan fingerprint density at radius 1 is 1.23 bits per heavy atom. The summed E-state index contributed by atoms with van der Waals surface area (Å²) >= 11 is 0. The third-order valence-corrected chi connectivity index (χ3v) is 6.15. The molecule has 2 fully saturated rings. The number of rotatable bonds is 5. The number of nitrogens with one attached hydrogen (secondary N) is 1. The highest BCUT2D eigenvalue weighted by atomic mass is 16.2. The van der Waals surface area contributed by atoms with Gasteiger partial charge in [-0.05, 0) is 32.6 Å². The van der Waals surface area contributed by atoms with Crippen molar-refractivity contribution in [1.82, 2.24) is 34.4 Å². The highest BCUT2D eigenvalue weighted by Gasteiger charge is 2.43. The molecule has 156 valence electrons.